The summed E-state index contributed by atoms with van der Waals surface area (Å²) in [5.74, 6) is 3.61. The molecule has 0 radical (unpaired) electrons. The van der Waals surface area contributed by atoms with Crippen LogP contribution in [0.5, 0.6) is 11.5 Å². The lowest BCUT2D eigenvalue weighted by molar-refractivity contribution is 0.174. The Bertz CT molecular complexity index is 1230. The zero-order valence-electron chi connectivity index (χ0n) is 15.2. The molecule has 0 bridgehead atoms. The highest BCUT2D eigenvalue weighted by molar-refractivity contribution is 7.19. The van der Waals surface area contributed by atoms with Crippen molar-refractivity contribution >= 4 is 27.2 Å². The lowest BCUT2D eigenvalue weighted by atomic mass is 9.87. The molecule has 136 valence electrons. The van der Waals surface area contributed by atoms with Crippen LogP contribution in [0.1, 0.15) is 41.9 Å². The maximum Gasteiger partial charge on any atom is 0.231 e. The molecule has 1 atom stereocenters. The first-order chi connectivity index (χ1) is 13.2. The van der Waals surface area contributed by atoms with E-state index in [2.05, 4.69) is 6.92 Å². The van der Waals surface area contributed by atoms with Crippen LogP contribution in [0.2, 0.25) is 0 Å². The number of aromatic nitrogens is 4. The van der Waals surface area contributed by atoms with E-state index in [0.29, 0.717) is 11.7 Å². The molecule has 6 rings (SSSR count). The molecule has 0 saturated heterocycles. The number of rotatable bonds is 1. The van der Waals surface area contributed by atoms with Gasteiger partial charge < -0.3 is 9.47 Å². The average Bonchev–Trinajstić information content (AvgIpc) is 3.37. The average molecular weight is 378 g/mol. The molecule has 1 aliphatic carbocycles. The predicted octanol–water partition coefficient (Wildman–Crippen LogP) is 4.48. The lowest BCUT2D eigenvalue weighted by Gasteiger charge is -2.18. The first kappa shape index (κ1) is 15.4. The fourth-order valence-corrected chi connectivity index (χ4v) is 5.62. The van der Waals surface area contributed by atoms with Gasteiger partial charge in [-0.2, -0.15) is 4.52 Å². The van der Waals surface area contributed by atoms with Crippen LogP contribution >= 0.6 is 11.3 Å². The number of hydrogen-bond donors (Lipinski definition) is 0. The Morgan fingerprint density at radius 2 is 2.07 bits per heavy atom. The molecule has 27 heavy (non-hydrogen) atoms. The van der Waals surface area contributed by atoms with Crippen molar-refractivity contribution in [2.24, 2.45) is 0 Å². The molecule has 0 N–H and O–H groups in total. The Kier molecular flexibility index (Phi) is 3.09. The molecule has 4 aromatic rings. The minimum atomic E-state index is 0.264. The molecule has 1 aliphatic heterocycles. The van der Waals surface area contributed by atoms with Crippen LogP contribution in [-0.2, 0) is 6.42 Å². The molecular weight excluding hydrogens is 360 g/mol. The van der Waals surface area contributed by atoms with Gasteiger partial charge in [0.05, 0.1) is 5.39 Å². The summed E-state index contributed by atoms with van der Waals surface area (Å²) >= 11 is 1.83. The van der Waals surface area contributed by atoms with Gasteiger partial charge in [0.2, 0.25) is 6.79 Å². The SMILES string of the molecule is Cc1nc2sc3c(c2c2nc(-c4ccc5c(c4)OCO5)nn12)[C@@H](C)CCC3. The van der Waals surface area contributed by atoms with E-state index in [4.69, 9.17) is 24.5 Å². The molecule has 0 saturated carbocycles. The highest BCUT2D eigenvalue weighted by atomic mass is 32.1. The van der Waals surface area contributed by atoms with E-state index < -0.39 is 0 Å². The number of thiophene rings is 1. The summed E-state index contributed by atoms with van der Waals surface area (Å²) < 4.78 is 12.8. The second-order valence-corrected chi connectivity index (χ2v) is 8.39. The first-order valence-corrected chi connectivity index (χ1v) is 10.1. The van der Waals surface area contributed by atoms with E-state index in [1.165, 1.54) is 28.7 Å². The Morgan fingerprint density at radius 1 is 1.19 bits per heavy atom. The van der Waals surface area contributed by atoms with E-state index in [0.717, 1.165) is 39.8 Å². The standard InChI is InChI=1S/C20H18N4O2S/c1-10-4-3-5-15-16(10)17-19-22-18(23-24(19)11(2)21-20(17)27-15)12-6-7-13-14(8-12)26-9-25-13/h6-8,10H,3-5,9H2,1-2H3/t10-/m0/s1. The molecule has 1 aromatic carbocycles. The van der Waals surface area contributed by atoms with Gasteiger partial charge in [0.15, 0.2) is 23.0 Å². The summed E-state index contributed by atoms with van der Waals surface area (Å²) in [6.07, 6.45) is 3.63. The van der Waals surface area contributed by atoms with Crippen LogP contribution in [0.4, 0.5) is 0 Å². The minimum Gasteiger partial charge on any atom is -0.454 e. The summed E-state index contributed by atoms with van der Waals surface area (Å²) in [6, 6.07) is 5.84. The maximum atomic E-state index is 5.51. The highest BCUT2D eigenvalue weighted by Gasteiger charge is 2.26. The van der Waals surface area contributed by atoms with E-state index in [1.54, 1.807) is 0 Å². The normalized spacial score (nSPS) is 18.4. The zero-order valence-corrected chi connectivity index (χ0v) is 16.0. The Balaban J connectivity index is 1.62. The molecule has 0 spiro atoms. The Morgan fingerprint density at radius 3 is 3.00 bits per heavy atom. The Labute approximate surface area is 159 Å². The molecule has 6 nitrogen and oxygen atoms in total. The first-order valence-electron chi connectivity index (χ1n) is 9.27. The monoisotopic (exact) mass is 378 g/mol. The summed E-state index contributed by atoms with van der Waals surface area (Å²) in [5.41, 5.74) is 3.27. The number of benzene rings is 1. The topological polar surface area (TPSA) is 61.5 Å². The van der Waals surface area contributed by atoms with Crippen LogP contribution in [0.3, 0.4) is 0 Å². The summed E-state index contributed by atoms with van der Waals surface area (Å²) in [5, 5.41) is 5.95. The van der Waals surface area contributed by atoms with Gasteiger partial charge in [-0.25, -0.2) is 9.97 Å². The van der Waals surface area contributed by atoms with E-state index >= 15 is 0 Å². The van der Waals surface area contributed by atoms with Gasteiger partial charge in [-0.3, -0.25) is 0 Å². The van der Waals surface area contributed by atoms with Crippen molar-refractivity contribution in [2.75, 3.05) is 6.79 Å². The second-order valence-electron chi connectivity index (χ2n) is 7.31. The second kappa shape index (κ2) is 5.42. The third-order valence-electron chi connectivity index (χ3n) is 5.57. The van der Waals surface area contributed by atoms with Gasteiger partial charge in [-0.15, -0.1) is 16.4 Å². The molecular formula is C20H18N4O2S. The molecule has 3 aromatic heterocycles. The van der Waals surface area contributed by atoms with Gasteiger partial charge >= 0.3 is 0 Å². The molecule has 0 unspecified atom stereocenters. The summed E-state index contributed by atoms with van der Waals surface area (Å²) in [7, 11) is 0. The van der Waals surface area contributed by atoms with Crippen LogP contribution in [0.15, 0.2) is 18.2 Å². The lowest BCUT2D eigenvalue weighted by Crippen LogP contribution is -2.05. The zero-order chi connectivity index (χ0) is 18.1. The minimum absolute atomic E-state index is 0.264. The van der Waals surface area contributed by atoms with Crippen molar-refractivity contribution in [1.29, 1.82) is 0 Å². The van der Waals surface area contributed by atoms with E-state index in [1.807, 2.05) is 41.0 Å². The van der Waals surface area contributed by atoms with Crippen LogP contribution in [0.25, 0.3) is 27.3 Å². The van der Waals surface area contributed by atoms with Crippen molar-refractivity contribution in [1.82, 2.24) is 19.6 Å². The summed E-state index contributed by atoms with van der Waals surface area (Å²) in [4.78, 5) is 12.3. The number of ether oxygens (including phenoxy) is 2. The number of aryl methyl sites for hydroxylation is 2. The van der Waals surface area contributed by atoms with Crippen molar-refractivity contribution < 1.29 is 9.47 Å². The van der Waals surface area contributed by atoms with Crippen LogP contribution < -0.4 is 9.47 Å². The number of fused-ring (bicyclic) bond motifs is 6. The van der Waals surface area contributed by atoms with Gasteiger partial charge in [0, 0.05) is 10.4 Å². The smallest absolute Gasteiger partial charge is 0.231 e. The fraction of sp³-hybridized carbons (Fsp3) is 0.350. The molecule has 4 heterocycles. The molecule has 0 fully saturated rings. The summed E-state index contributed by atoms with van der Waals surface area (Å²) in [6.45, 7) is 4.57. The van der Waals surface area contributed by atoms with Crippen LogP contribution in [-0.4, -0.2) is 26.4 Å². The quantitative estimate of drug-likeness (QED) is 0.489. The van der Waals surface area contributed by atoms with Crippen molar-refractivity contribution in [3.8, 4) is 22.9 Å². The Hall–Kier alpha value is -2.67. The van der Waals surface area contributed by atoms with Gasteiger partial charge in [0.1, 0.15) is 10.7 Å². The van der Waals surface area contributed by atoms with E-state index in [9.17, 15) is 0 Å². The maximum absolute atomic E-state index is 5.51. The van der Waals surface area contributed by atoms with E-state index in [-0.39, 0.29) is 6.79 Å². The largest absolute Gasteiger partial charge is 0.454 e. The number of nitrogens with zero attached hydrogens (tertiary/aromatic N) is 4. The molecule has 0 amide bonds. The highest BCUT2D eigenvalue weighted by Crippen LogP contribution is 2.43. The number of hydrogen-bond acceptors (Lipinski definition) is 6. The van der Waals surface area contributed by atoms with Gasteiger partial charge in [-0.1, -0.05) is 6.92 Å². The van der Waals surface area contributed by atoms with Crippen molar-refractivity contribution in [2.45, 2.75) is 39.0 Å². The fourth-order valence-electron chi connectivity index (χ4n) is 4.24. The predicted molar refractivity (Wildman–Crippen MR) is 104 cm³/mol. The third-order valence-corrected chi connectivity index (χ3v) is 6.73. The molecule has 7 heteroatoms. The third kappa shape index (κ3) is 2.15. The van der Waals surface area contributed by atoms with Crippen molar-refractivity contribution in [3.05, 3.63) is 34.5 Å². The molecule has 2 aliphatic rings. The van der Waals surface area contributed by atoms with Crippen molar-refractivity contribution in [3.63, 3.8) is 0 Å². The van der Waals surface area contributed by atoms with Gasteiger partial charge in [0.25, 0.3) is 0 Å². The van der Waals surface area contributed by atoms with Gasteiger partial charge in [-0.05, 0) is 55.9 Å². The van der Waals surface area contributed by atoms with Crippen LogP contribution in [0, 0.1) is 6.92 Å².